The number of hydrogen-bond donors (Lipinski definition) is 3. The van der Waals surface area contributed by atoms with Crippen LogP contribution in [0.4, 0.5) is 10.5 Å². The number of anilines is 1. The number of fused-ring (bicyclic) bond motifs is 4. The average Bonchev–Trinajstić information content (AvgIpc) is 3.70. The lowest BCUT2D eigenvalue weighted by Crippen LogP contribution is -2.63. The molecule has 0 aromatic heterocycles. The summed E-state index contributed by atoms with van der Waals surface area (Å²) in [4.78, 5) is 93.4. The minimum Gasteiger partial charge on any atom is -0.495 e. The Kier molecular flexibility index (Phi) is 23.8. The Morgan fingerprint density at radius 2 is 1.53 bits per heavy atom. The SMILES string of the molecule is COc1cc2cc(c1Cl)N(C)C(=O)C[C@H](OC(=O)C1CCN(C(=O)CCOCCOCCOCCOCCNC(=O)CCN3C(=O)C=CC3=O)CC1)[C@@H](C)C[C@H](C)[C@@H]1C[C@@](O)(NC(=O)O1)C(OC)/C=C/C=C(\C)C2. The Labute approximate surface area is 438 Å². The molecule has 1 aromatic rings. The fourth-order valence-corrected chi connectivity index (χ4v) is 9.43. The maximum absolute atomic E-state index is 14.2. The summed E-state index contributed by atoms with van der Waals surface area (Å²) < 4.78 is 45.3. The van der Waals surface area contributed by atoms with E-state index in [-0.39, 0.29) is 87.3 Å². The molecule has 2 saturated heterocycles. The Bertz CT molecular complexity index is 2180. The predicted octanol–water partition coefficient (Wildman–Crippen LogP) is 3.66. The molecule has 74 heavy (non-hydrogen) atoms. The second kappa shape index (κ2) is 29.6. The number of hydrogen-bond acceptors (Lipinski definition) is 16. The van der Waals surface area contributed by atoms with Crippen molar-refractivity contribution in [2.75, 3.05) is 105 Å². The van der Waals surface area contributed by atoms with Gasteiger partial charge in [-0.1, -0.05) is 49.2 Å². The number of carbonyl (C=O) groups is 7. The Morgan fingerprint density at radius 3 is 2.16 bits per heavy atom. The lowest BCUT2D eigenvalue weighted by atomic mass is 9.83. The molecule has 0 aliphatic carbocycles. The van der Waals surface area contributed by atoms with Crippen molar-refractivity contribution in [1.82, 2.24) is 20.4 Å². The molecule has 3 N–H and O–H groups in total. The quantitative estimate of drug-likeness (QED) is 0.0852. The zero-order chi connectivity index (χ0) is 53.8. The first-order valence-corrected chi connectivity index (χ1v) is 25.6. The van der Waals surface area contributed by atoms with Crippen LogP contribution in [0.15, 0.2) is 48.1 Å². The van der Waals surface area contributed by atoms with Crippen molar-refractivity contribution >= 4 is 58.9 Å². The molecule has 6 amide bonds. The highest BCUT2D eigenvalue weighted by Crippen LogP contribution is 2.38. The second-order valence-electron chi connectivity index (χ2n) is 19.0. The summed E-state index contributed by atoms with van der Waals surface area (Å²) in [5.74, 6) is -2.94. The minimum absolute atomic E-state index is 0.00789. The molecule has 0 saturated carbocycles. The van der Waals surface area contributed by atoms with Crippen molar-refractivity contribution in [1.29, 1.82) is 0 Å². The van der Waals surface area contributed by atoms with E-state index in [1.165, 1.54) is 31.3 Å². The smallest absolute Gasteiger partial charge is 0.409 e. The number of nitrogens with one attached hydrogen (secondary N) is 2. The molecule has 4 bridgehead atoms. The summed E-state index contributed by atoms with van der Waals surface area (Å²) in [5.41, 5.74) is 0.388. The van der Waals surface area contributed by atoms with E-state index in [9.17, 15) is 38.7 Å². The van der Waals surface area contributed by atoms with E-state index in [2.05, 4.69) is 10.6 Å². The van der Waals surface area contributed by atoms with E-state index in [1.54, 1.807) is 30.2 Å². The van der Waals surface area contributed by atoms with Crippen molar-refractivity contribution in [3.8, 4) is 5.75 Å². The Morgan fingerprint density at radius 1 is 0.892 bits per heavy atom. The number of aliphatic hydroxyl groups is 1. The van der Waals surface area contributed by atoms with Gasteiger partial charge in [0.1, 0.15) is 29.1 Å². The number of alkyl carbamates (subject to hydrolysis) is 1. The third kappa shape index (κ3) is 17.9. The fourth-order valence-electron chi connectivity index (χ4n) is 9.11. The predicted molar refractivity (Wildman–Crippen MR) is 270 cm³/mol. The number of amides is 6. The van der Waals surface area contributed by atoms with E-state index in [0.29, 0.717) is 83.2 Å². The molecule has 0 spiro atoms. The Balaban J connectivity index is 1.04. The van der Waals surface area contributed by atoms with E-state index < -0.39 is 59.7 Å². The van der Waals surface area contributed by atoms with Crippen LogP contribution in [0.1, 0.15) is 71.3 Å². The molecule has 1 aromatic carbocycles. The molecule has 22 heteroatoms. The van der Waals surface area contributed by atoms with Gasteiger partial charge in [-0.25, -0.2) is 4.79 Å². The summed E-state index contributed by atoms with van der Waals surface area (Å²) in [6.07, 6.45) is 5.88. The molecule has 4 heterocycles. The largest absolute Gasteiger partial charge is 0.495 e. The van der Waals surface area contributed by atoms with Gasteiger partial charge in [-0.15, -0.1) is 0 Å². The van der Waals surface area contributed by atoms with Gasteiger partial charge in [-0.05, 0) is 62.1 Å². The molecule has 410 valence electrons. The summed E-state index contributed by atoms with van der Waals surface area (Å²) in [6, 6.07) is 3.63. The number of ether oxygens (including phenoxy) is 8. The van der Waals surface area contributed by atoms with Crippen LogP contribution >= 0.6 is 11.6 Å². The van der Waals surface area contributed by atoms with E-state index in [4.69, 9.17) is 49.5 Å². The number of esters is 1. The molecular weight excluding hydrogens is 986 g/mol. The van der Waals surface area contributed by atoms with E-state index in [0.717, 1.165) is 16.0 Å². The highest BCUT2D eigenvalue weighted by molar-refractivity contribution is 6.35. The number of nitrogens with zero attached hydrogens (tertiary/aromatic N) is 3. The average molecular weight is 1060 g/mol. The van der Waals surface area contributed by atoms with Crippen LogP contribution in [0.2, 0.25) is 5.02 Å². The number of halogens is 1. The van der Waals surface area contributed by atoms with Crippen molar-refractivity contribution in [2.24, 2.45) is 17.8 Å². The van der Waals surface area contributed by atoms with Crippen molar-refractivity contribution in [3.63, 3.8) is 0 Å². The van der Waals surface area contributed by atoms with E-state index in [1.807, 2.05) is 32.9 Å². The molecule has 21 nitrogen and oxygen atoms in total. The molecule has 6 atom stereocenters. The number of imide groups is 1. The summed E-state index contributed by atoms with van der Waals surface area (Å²) >= 11 is 6.81. The third-order valence-electron chi connectivity index (χ3n) is 13.4. The minimum atomic E-state index is -1.79. The van der Waals surface area contributed by atoms with Gasteiger partial charge in [-0.3, -0.25) is 39.0 Å². The second-order valence-corrected chi connectivity index (χ2v) is 19.4. The summed E-state index contributed by atoms with van der Waals surface area (Å²) in [5, 5.41) is 17.2. The van der Waals surface area contributed by atoms with Crippen molar-refractivity contribution in [3.05, 3.63) is 58.7 Å². The highest BCUT2D eigenvalue weighted by atomic mass is 35.5. The Hall–Kier alpha value is -5.42. The topological polar surface area (TPSA) is 247 Å². The van der Waals surface area contributed by atoms with Gasteiger partial charge in [0, 0.05) is 65.3 Å². The first kappa shape index (κ1) is 59.5. The molecule has 1 unspecified atom stereocenters. The van der Waals surface area contributed by atoms with Crippen LogP contribution in [-0.4, -0.2) is 181 Å². The van der Waals surface area contributed by atoms with Crippen molar-refractivity contribution < 1.29 is 76.6 Å². The van der Waals surface area contributed by atoms with E-state index >= 15 is 0 Å². The first-order valence-electron chi connectivity index (χ1n) is 25.2. The number of likely N-dealkylation sites (tertiary alicyclic amines) is 1. The van der Waals surface area contributed by atoms with Crippen LogP contribution in [0.25, 0.3) is 0 Å². The van der Waals surface area contributed by atoms with Gasteiger partial charge >= 0.3 is 12.1 Å². The highest BCUT2D eigenvalue weighted by Gasteiger charge is 2.47. The molecule has 4 aliphatic heterocycles. The monoisotopic (exact) mass is 1060 g/mol. The van der Waals surface area contributed by atoms with Gasteiger partial charge < -0.3 is 58.1 Å². The van der Waals surface area contributed by atoms with Crippen molar-refractivity contribution in [2.45, 2.75) is 96.2 Å². The lowest BCUT2D eigenvalue weighted by Gasteiger charge is -2.42. The zero-order valence-electron chi connectivity index (χ0n) is 43.4. The number of benzene rings is 1. The number of allylic oxidation sites excluding steroid dienone is 3. The lowest BCUT2D eigenvalue weighted by molar-refractivity contribution is -0.161. The van der Waals surface area contributed by atoms with Gasteiger partial charge in [-0.2, -0.15) is 0 Å². The number of methoxy groups -OCH3 is 2. The number of carbonyl (C=O) groups excluding carboxylic acids is 7. The molecule has 5 rings (SSSR count). The fraction of sp³-hybridized carbons (Fsp3) is 0.635. The first-order chi connectivity index (χ1) is 35.4. The van der Waals surface area contributed by atoms with Crippen LogP contribution in [0.5, 0.6) is 5.75 Å². The van der Waals surface area contributed by atoms with Gasteiger partial charge in [0.25, 0.3) is 11.8 Å². The van der Waals surface area contributed by atoms with Gasteiger partial charge in [0.2, 0.25) is 17.7 Å². The third-order valence-corrected chi connectivity index (χ3v) is 13.8. The number of piperidine rings is 1. The summed E-state index contributed by atoms with van der Waals surface area (Å²) in [7, 11) is 4.56. The molecule has 4 aliphatic rings. The standard InChI is InChI=1S/C52H74ClN5O16/c1-34-8-7-9-43(68-6)52(66)33-42(74-51(65)55-52)36(3)29-35(2)40(32-48(63)56(4)39-30-37(28-34)31-41(67-5)49(39)53)73-50(64)38-12-17-57(18-13-38)45(60)15-20-69-22-24-71-26-27-72-25-23-70-21-16-54-44(59)14-19-58-46(61)10-11-47(58)62/h7-11,30-31,35-36,38,40,42-43,66H,12-29,32-33H2,1-6H3,(H,54,59)(H,55,65)/b9-7+,34-8+/t35-,36-,40-,42-,43?,52-/m0/s1. The van der Waals surface area contributed by atoms with Crippen LogP contribution in [-0.2, 0) is 68.3 Å². The molecule has 2 fully saturated rings. The maximum Gasteiger partial charge on any atom is 0.409 e. The van der Waals surface area contributed by atoms with Gasteiger partial charge in [0.05, 0.1) is 84.4 Å². The molecule has 0 radical (unpaired) electrons. The summed E-state index contributed by atoms with van der Waals surface area (Å²) in [6.45, 7) is 9.11. The zero-order valence-corrected chi connectivity index (χ0v) is 44.2. The maximum atomic E-state index is 14.2. The molecular formula is C52H74ClN5O16. The normalized spacial score (nSPS) is 25.3. The van der Waals surface area contributed by atoms with Crippen LogP contribution < -0.4 is 20.3 Å². The number of rotatable bonds is 22. The van der Waals surface area contributed by atoms with Crippen LogP contribution in [0, 0.1) is 17.8 Å². The van der Waals surface area contributed by atoms with Gasteiger partial charge in [0.15, 0.2) is 5.72 Å². The van der Waals surface area contributed by atoms with Crippen LogP contribution in [0.3, 0.4) is 0 Å².